The Kier molecular flexibility index (Phi) is 7.10. The maximum Gasteiger partial charge on any atom is 0.416 e. The Balaban J connectivity index is 1.58. The van der Waals surface area contributed by atoms with Crippen molar-refractivity contribution in [2.75, 3.05) is 36.0 Å². The standard InChI is InChI=1S/C28H23ClF3N5O2/c29-20-4-2-5-21(15-20)35-9-11-36(12-10-35)27-34-24-8-7-18(17-33)13-23(24)25(16-26(38)39)37(27)22-6-1-3-19(14-22)28(30,31)32/h1-8,13-15,25H,9-12,16H2,(H,38,39). The van der Waals surface area contributed by atoms with Crippen LogP contribution in [0.5, 0.6) is 0 Å². The van der Waals surface area contributed by atoms with E-state index in [1.165, 1.54) is 12.1 Å². The van der Waals surface area contributed by atoms with Crippen LogP contribution in [-0.4, -0.2) is 48.1 Å². The minimum atomic E-state index is -4.58. The van der Waals surface area contributed by atoms with Crippen molar-refractivity contribution in [3.8, 4) is 6.07 Å². The van der Waals surface area contributed by atoms with Gasteiger partial charge in [0.25, 0.3) is 0 Å². The van der Waals surface area contributed by atoms with Gasteiger partial charge in [-0.25, -0.2) is 4.99 Å². The normalized spacial score (nSPS) is 17.4. The first-order valence-electron chi connectivity index (χ1n) is 12.2. The lowest BCUT2D eigenvalue weighted by atomic mass is 9.95. The van der Waals surface area contributed by atoms with Gasteiger partial charge in [-0.2, -0.15) is 18.4 Å². The summed E-state index contributed by atoms with van der Waals surface area (Å²) in [6.07, 6.45) is -4.99. The van der Waals surface area contributed by atoms with Gasteiger partial charge in [0, 0.05) is 48.1 Å². The molecular weight excluding hydrogens is 531 g/mol. The zero-order chi connectivity index (χ0) is 27.7. The first-order valence-corrected chi connectivity index (χ1v) is 12.6. The minimum Gasteiger partial charge on any atom is -0.481 e. The highest BCUT2D eigenvalue weighted by Crippen LogP contribution is 2.42. The maximum atomic E-state index is 13.7. The number of carboxylic acids is 1. The van der Waals surface area contributed by atoms with Gasteiger partial charge in [0.15, 0.2) is 0 Å². The van der Waals surface area contributed by atoms with E-state index in [2.05, 4.69) is 4.90 Å². The van der Waals surface area contributed by atoms with Crippen molar-refractivity contribution in [3.05, 3.63) is 88.4 Å². The summed E-state index contributed by atoms with van der Waals surface area (Å²) < 4.78 is 41.0. The Bertz CT molecular complexity index is 1480. The Morgan fingerprint density at radius 2 is 1.69 bits per heavy atom. The molecule has 3 aromatic rings. The summed E-state index contributed by atoms with van der Waals surface area (Å²) in [5.74, 6) is -0.763. The van der Waals surface area contributed by atoms with E-state index >= 15 is 0 Å². The number of fused-ring (bicyclic) bond motifs is 1. The summed E-state index contributed by atoms with van der Waals surface area (Å²) in [5, 5.41) is 19.9. The number of benzene rings is 3. The number of aliphatic imine (C=N–C) groups is 1. The second-order valence-electron chi connectivity index (χ2n) is 9.28. The van der Waals surface area contributed by atoms with Crippen LogP contribution in [0.4, 0.5) is 30.2 Å². The highest BCUT2D eigenvalue weighted by molar-refractivity contribution is 6.30. The molecule has 0 aliphatic carbocycles. The molecule has 0 radical (unpaired) electrons. The summed E-state index contributed by atoms with van der Waals surface area (Å²) in [6.45, 7) is 2.18. The third-order valence-electron chi connectivity index (χ3n) is 6.82. The molecule has 2 heterocycles. The van der Waals surface area contributed by atoms with E-state index in [1.54, 1.807) is 29.2 Å². The predicted octanol–water partition coefficient (Wildman–Crippen LogP) is 6.08. The quantitative estimate of drug-likeness (QED) is 0.422. The van der Waals surface area contributed by atoms with Gasteiger partial charge in [-0.3, -0.25) is 4.79 Å². The van der Waals surface area contributed by atoms with Crippen LogP contribution in [0, 0.1) is 11.3 Å². The monoisotopic (exact) mass is 553 g/mol. The van der Waals surface area contributed by atoms with Crippen LogP contribution in [0.15, 0.2) is 71.7 Å². The molecule has 0 amide bonds. The molecule has 200 valence electrons. The van der Waals surface area contributed by atoms with Crippen LogP contribution in [-0.2, 0) is 11.0 Å². The fourth-order valence-corrected chi connectivity index (χ4v) is 5.17. The Morgan fingerprint density at radius 1 is 1.00 bits per heavy atom. The number of hydrogen-bond donors (Lipinski definition) is 1. The highest BCUT2D eigenvalue weighted by atomic mass is 35.5. The van der Waals surface area contributed by atoms with Gasteiger partial charge in [0.1, 0.15) is 0 Å². The third kappa shape index (κ3) is 5.49. The minimum absolute atomic E-state index is 0.167. The molecule has 0 spiro atoms. The third-order valence-corrected chi connectivity index (χ3v) is 7.05. The molecule has 2 aliphatic heterocycles. The zero-order valence-electron chi connectivity index (χ0n) is 20.6. The van der Waals surface area contributed by atoms with Gasteiger partial charge >= 0.3 is 12.1 Å². The van der Waals surface area contributed by atoms with Crippen molar-refractivity contribution in [2.24, 2.45) is 4.99 Å². The molecule has 11 heteroatoms. The van der Waals surface area contributed by atoms with Crippen LogP contribution in [0.1, 0.15) is 29.2 Å². The second-order valence-corrected chi connectivity index (χ2v) is 9.72. The van der Waals surface area contributed by atoms with E-state index in [4.69, 9.17) is 16.6 Å². The van der Waals surface area contributed by atoms with Crippen molar-refractivity contribution < 1.29 is 23.1 Å². The lowest BCUT2D eigenvalue weighted by Crippen LogP contribution is -2.55. The number of anilines is 2. The molecular formula is C28H23ClF3N5O2. The van der Waals surface area contributed by atoms with Crippen molar-refractivity contribution in [3.63, 3.8) is 0 Å². The number of nitriles is 1. The summed E-state index contributed by atoms with van der Waals surface area (Å²) in [5.41, 5.74) is 1.53. The molecule has 1 unspecified atom stereocenters. The molecule has 2 aliphatic rings. The number of halogens is 4. The highest BCUT2D eigenvalue weighted by Gasteiger charge is 2.38. The average Bonchev–Trinajstić information content (AvgIpc) is 2.92. The number of nitrogens with zero attached hydrogens (tertiary/aromatic N) is 5. The van der Waals surface area contributed by atoms with Crippen molar-refractivity contribution in [1.29, 1.82) is 5.26 Å². The molecule has 0 bridgehead atoms. The van der Waals surface area contributed by atoms with Gasteiger partial charge in [-0.05, 0) is 54.6 Å². The van der Waals surface area contributed by atoms with Crippen LogP contribution in [0.2, 0.25) is 5.02 Å². The van der Waals surface area contributed by atoms with Gasteiger partial charge in [0.2, 0.25) is 5.96 Å². The Labute approximate surface area is 228 Å². The molecule has 39 heavy (non-hydrogen) atoms. The molecule has 0 aromatic heterocycles. The number of guanidine groups is 1. The topological polar surface area (TPSA) is 83.2 Å². The van der Waals surface area contributed by atoms with Crippen LogP contribution in [0.25, 0.3) is 0 Å². The number of alkyl halides is 3. The average molecular weight is 554 g/mol. The number of piperazine rings is 1. The van der Waals surface area contributed by atoms with E-state index < -0.39 is 30.2 Å². The fourth-order valence-electron chi connectivity index (χ4n) is 4.99. The first kappa shape index (κ1) is 26.4. The molecule has 1 fully saturated rings. The van der Waals surface area contributed by atoms with E-state index in [-0.39, 0.29) is 5.69 Å². The first-order chi connectivity index (χ1) is 18.6. The van der Waals surface area contributed by atoms with Gasteiger partial charge in [-0.1, -0.05) is 23.7 Å². The number of rotatable bonds is 4. The number of aliphatic carboxylic acids is 1. The van der Waals surface area contributed by atoms with E-state index in [0.29, 0.717) is 54.0 Å². The van der Waals surface area contributed by atoms with Crippen LogP contribution >= 0.6 is 11.6 Å². The lowest BCUT2D eigenvalue weighted by Gasteiger charge is -2.45. The summed E-state index contributed by atoms with van der Waals surface area (Å²) in [6, 6.07) is 18.2. The SMILES string of the molecule is N#Cc1ccc2c(c1)C(CC(=O)O)N(c1cccc(C(F)(F)F)c1)C(N1CCN(c3cccc(Cl)c3)CC1)=N2. The second kappa shape index (κ2) is 10.5. The molecule has 1 N–H and O–H groups in total. The molecule has 3 aromatic carbocycles. The van der Waals surface area contributed by atoms with E-state index in [0.717, 1.165) is 17.8 Å². The van der Waals surface area contributed by atoms with Crippen molar-refractivity contribution in [1.82, 2.24) is 4.90 Å². The smallest absolute Gasteiger partial charge is 0.416 e. The number of carboxylic acid groups (broad SMARTS) is 1. The zero-order valence-corrected chi connectivity index (χ0v) is 21.3. The number of hydrogen-bond acceptors (Lipinski definition) is 6. The molecule has 7 nitrogen and oxygen atoms in total. The van der Waals surface area contributed by atoms with Crippen molar-refractivity contribution in [2.45, 2.75) is 18.6 Å². The molecule has 1 atom stereocenters. The van der Waals surface area contributed by atoms with Gasteiger partial charge < -0.3 is 19.8 Å². The maximum absolute atomic E-state index is 13.7. The summed E-state index contributed by atoms with van der Waals surface area (Å²) in [7, 11) is 0. The van der Waals surface area contributed by atoms with Gasteiger partial charge in [-0.15, -0.1) is 0 Å². The predicted molar refractivity (Wildman–Crippen MR) is 142 cm³/mol. The summed E-state index contributed by atoms with van der Waals surface area (Å²) in [4.78, 5) is 22.5. The Morgan fingerprint density at radius 3 is 2.36 bits per heavy atom. The van der Waals surface area contributed by atoms with Crippen molar-refractivity contribution >= 4 is 40.6 Å². The van der Waals surface area contributed by atoms with Crippen LogP contribution in [0.3, 0.4) is 0 Å². The lowest BCUT2D eigenvalue weighted by molar-refractivity contribution is -0.138. The summed E-state index contributed by atoms with van der Waals surface area (Å²) >= 11 is 6.16. The fraction of sp³-hybridized carbons (Fsp3) is 0.250. The van der Waals surface area contributed by atoms with Crippen LogP contribution < -0.4 is 9.80 Å². The van der Waals surface area contributed by atoms with E-state index in [1.807, 2.05) is 29.2 Å². The van der Waals surface area contributed by atoms with E-state index in [9.17, 15) is 28.3 Å². The molecule has 1 saturated heterocycles. The van der Waals surface area contributed by atoms with Gasteiger partial charge in [0.05, 0.1) is 35.3 Å². The molecule has 5 rings (SSSR count). The number of carbonyl (C=O) groups is 1. The largest absolute Gasteiger partial charge is 0.481 e. The Hall–Kier alpha value is -4.23. The molecule has 0 saturated carbocycles.